The standard InChI is InChI=1S/C6H9BN2O2/c10-8-7(9-11)6-4-2-1-3-5-6/h1-5,8-11H. The van der Waals surface area contributed by atoms with Gasteiger partial charge in [0.05, 0.1) is 0 Å². The number of hydrogen-bond acceptors (Lipinski definition) is 4. The summed E-state index contributed by atoms with van der Waals surface area (Å²) in [4.78, 5) is 0. The fourth-order valence-corrected chi connectivity index (χ4v) is 0.823. The van der Waals surface area contributed by atoms with Gasteiger partial charge in [0.15, 0.2) is 0 Å². The Morgan fingerprint density at radius 3 is 2.00 bits per heavy atom. The molecule has 0 aliphatic heterocycles. The highest BCUT2D eigenvalue weighted by Crippen LogP contribution is 1.82. The Morgan fingerprint density at radius 1 is 1.00 bits per heavy atom. The summed E-state index contributed by atoms with van der Waals surface area (Å²) in [5.74, 6) is 0. The smallest absolute Gasteiger partial charge is 0.326 e. The van der Waals surface area contributed by atoms with Crippen molar-refractivity contribution in [2.24, 2.45) is 0 Å². The molecule has 0 amide bonds. The van der Waals surface area contributed by atoms with Gasteiger partial charge in [0.2, 0.25) is 0 Å². The zero-order chi connectivity index (χ0) is 8.10. The summed E-state index contributed by atoms with van der Waals surface area (Å²) in [7, 11) is 0. The van der Waals surface area contributed by atoms with E-state index in [9.17, 15) is 0 Å². The van der Waals surface area contributed by atoms with Crippen LogP contribution in [-0.4, -0.2) is 17.4 Å². The molecule has 0 aromatic heterocycles. The summed E-state index contributed by atoms with van der Waals surface area (Å²) in [6.07, 6.45) is 0. The molecule has 0 fully saturated rings. The van der Waals surface area contributed by atoms with E-state index < -0.39 is 6.98 Å². The molecule has 0 aliphatic carbocycles. The minimum atomic E-state index is -0.629. The number of rotatable bonds is 3. The van der Waals surface area contributed by atoms with Crippen LogP contribution in [0.15, 0.2) is 30.3 Å². The van der Waals surface area contributed by atoms with E-state index in [0.717, 1.165) is 5.46 Å². The average Bonchev–Trinajstić information content (AvgIpc) is 2.09. The minimum Gasteiger partial charge on any atom is -0.326 e. The van der Waals surface area contributed by atoms with E-state index in [1.807, 2.05) is 29.0 Å². The molecule has 1 aromatic carbocycles. The van der Waals surface area contributed by atoms with Gasteiger partial charge in [-0.05, 0) is 5.46 Å². The first-order chi connectivity index (χ1) is 5.38. The van der Waals surface area contributed by atoms with Gasteiger partial charge in [-0.2, -0.15) is 0 Å². The summed E-state index contributed by atoms with van der Waals surface area (Å²) in [6.45, 7) is -0.629. The van der Waals surface area contributed by atoms with Crippen LogP contribution in [0, 0.1) is 0 Å². The zero-order valence-corrected chi connectivity index (χ0v) is 5.86. The summed E-state index contributed by atoms with van der Waals surface area (Å²) in [5, 5.41) is 20.8. The third-order valence-corrected chi connectivity index (χ3v) is 1.39. The van der Waals surface area contributed by atoms with Gasteiger partial charge in [0, 0.05) is 0 Å². The summed E-state index contributed by atoms with van der Waals surface area (Å²) >= 11 is 0. The lowest BCUT2D eigenvalue weighted by Crippen LogP contribution is -2.53. The molecule has 0 saturated carbocycles. The van der Waals surface area contributed by atoms with Gasteiger partial charge in [-0.15, -0.1) is 0 Å². The van der Waals surface area contributed by atoms with Crippen molar-refractivity contribution in [1.82, 2.24) is 10.8 Å². The molecule has 0 bridgehead atoms. The van der Waals surface area contributed by atoms with Gasteiger partial charge in [-0.1, -0.05) is 30.3 Å². The maximum atomic E-state index is 8.51. The summed E-state index contributed by atoms with van der Waals surface area (Å²) < 4.78 is 0. The van der Waals surface area contributed by atoms with Crippen molar-refractivity contribution in [2.45, 2.75) is 0 Å². The van der Waals surface area contributed by atoms with Crippen LogP contribution in [0.1, 0.15) is 0 Å². The lowest BCUT2D eigenvalue weighted by Gasteiger charge is -2.06. The first-order valence-corrected chi connectivity index (χ1v) is 3.22. The van der Waals surface area contributed by atoms with Crippen molar-refractivity contribution in [2.75, 3.05) is 0 Å². The quantitative estimate of drug-likeness (QED) is 0.343. The van der Waals surface area contributed by atoms with Crippen molar-refractivity contribution in [3.05, 3.63) is 30.3 Å². The van der Waals surface area contributed by atoms with E-state index >= 15 is 0 Å². The van der Waals surface area contributed by atoms with E-state index in [1.54, 1.807) is 12.1 Å². The largest absolute Gasteiger partial charge is 0.388 e. The Hall–Kier alpha value is -0.875. The van der Waals surface area contributed by atoms with E-state index in [2.05, 4.69) is 0 Å². The Morgan fingerprint density at radius 2 is 1.55 bits per heavy atom. The molecule has 4 nitrogen and oxygen atoms in total. The molecule has 0 saturated heterocycles. The third kappa shape index (κ3) is 2.02. The molecule has 0 aliphatic rings. The van der Waals surface area contributed by atoms with Gasteiger partial charge < -0.3 is 10.4 Å². The van der Waals surface area contributed by atoms with Crippen LogP contribution >= 0.6 is 0 Å². The average molecular weight is 152 g/mol. The summed E-state index contributed by atoms with van der Waals surface area (Å²) in [6, 6.07) is 9.04. The number of benzene rings is 1. The van der Waals surface area contributed by atoms with Crippen LogP contribution in [0.3, 0.4) is 0 Å². The third-order valence-electron chi connectivity index (χ3n) is 1.39. The minimum absolute atomic E-state index is 0.629. The molecular formula is C6H9BN2O2. The van der Waals surface area contributed by atoms with Crippen LogP contribution in [0.25, 0.3) is 0 Å². The van der Waals surface area contributed by atoms with Crippen molar-refractivity contribution < 1.29 is 10.4 Å². The Kier molecular flexibility index (Phi) is 3.06. The van der Waals surface area contributed by atoms with Gasteiger partial charge in [-0.25, -0.2) is 10.8 Å². The van der Waals surface area contributed by atoms with E-state index in [1.165, 1.54) is 0 Å². The molecule has 0 spiro atoms. The maximum absolute atomic E-state index is 8.51. The van der Waals surface area contributed by atoms with E-state index in [4.69, 9.17) is 10.4 Å². The molecule has 0 heterocycles. The highest BCUT2D eigenvalue weighted by atomic mass is 16.5. The fourth-order valence-electron chi connectivity index (χ4n) is 0.823. The molecule has 1 rings (SSSR count). The normalized spacial score (nSPS) is 9.64. The number of hydrogen-bond donors (Lipinski definition) is 4. The second-order valence-electron chi connectivity index (χ2n) is 2.10. The van der Waals surface area contributed by atoms with Crippen LogP contribution in [0.2, 0.25) is 0 Å². The highest BCUT2D eigenvalue weighted by Gasteiger charge is 2.13. The lowest BCUT2D eigenvalue weighted by atomic mass is 9.71. The van der Waals surface area contributed by atoms with Crippen LogP contribution < -0.4 is 16.2 Å². The molecule has 5 heteroatoms. The van der Waals surface area contributed by atoms with E-state index in [0.29, 0.717) is 0 Å². The first-order valence-electron chi connectivity index (χ1n) is 3.22. The molecule has 58 valence electrons. The van der Waals surface area contributed by atoms with Crippen molar-refractivity contribution in [3.8, 4) is 0 Å². The molecule has 0 radical (unpaired) electrons. The molecule has 11 heavy (non-hydrogen) atoms. The van der Waals surface area contributed by atoms with Crippen LogP contribution in [0.5, 0.6) is 0 Å². The molecule has 1 aromatic rings. The highest BCUT2D eigenvalue weighted by molar-refractivity contribution is 6.67. The van der Waals surface area contributed by atoms with Crippen molar-refractivity contribution in [1.29, 1.82) is 0 Å². The monoisotopic (exact) mass is 152 g/mol. The Balaban J connectivity index is 2.74. The van der Waals surface area contributed by atoms with Crippen LogP contribution in [-0.2, 0) is 0 Å². The van der Waals surface area contributed by atoms with Gasteiger partial charge in [0.1, 0.15) is 0 Å². The topological polar surface area (TPSA) is 64.5 Å². The van der Waals surface area contributed by atoms with Gasteiger partial charge in [-0.3, -0.25) is 0 Å². The molecule has 0 unspecified atom stereocenters. The number of nitrogens with one attached hydrogen (secondary N) is 2. The van der Waals surface area contributed by atoms with Crippen molar-refractivity contribution >= 4 is 12.4 Å². The second-order valence-corrected chi connectivity index (χ2v) is 2.10. The molecule has 0 atom stereocenters. The zero-order valence-electron chi connectivity index (χ0n) is 5.86. The molecule has 4 N–H and O–H groups in total. The first kappa shape index (κ1) is 8.22. The van der Waals surface area contributed by atoms with Gasteiger partial charge >= 0.3 is 6.98 Å². The predicted molar refractivity (Wildman–Crippen MR) is 41.7 cm³/mol. The van der Waals surface area contributed by atoms with E-state index in [-0.39, 0.29) is 0 Å². The fraction of sp³-hybridized carbons (Fsp3) is 0. The second kappa shape index (κ2) is 4.10. The predicted octanol–water partition coefficient (Wildman–Crippen LogP) is -0.661. The maximum Gasteiger partial charge on any atom is 0.388 e. The Bertz CT molecular complexity index is 203. The summed E-state index contributed by atoms with van der Waals surface area (Å²) in [5.41, 5.74) is 0.762. The molecular weight excluding hydrogens is 143 g/mol. The van der Waals surface area contributed by atoms with Crippen molar-refractivity contribution in [3.63, 3.8) is 0 Å². The Labute approximate surface area is 64.9 Å². The SMILES string of the molecule is ONB(NO)c1ccccc1. The lowest BCUT2D eigenvalue weighted by molar-refractivity contribution is 0.198. The van der Waals surface area contributed by atoms with Crippen LogP contribution in [0.4, 0.5) is 0 Å². The van der Waals surface area contributed by atoms with Gasteiger partial charge in [0.25, 0.3) is 0 Å².